The lowest BCUT2D eigenvalue weighted by Crippen LogP contribution is -2.29. The largest absolute Gasteiger partial charge is 0.508 e. The summed E-state index contributed by atoms with van der Waals surface area (Å²) in [4.78, 5) is 23.4. The molecule has 0 aromatic heterocycles. The van der Waals surface area contributed by atoms with E-state index in [1.54, 1.807) is 0 Å². The van der Waals surface area contributed by atoms with Crippen LogP contribution in [0.25, 0.3) is 0 Å². The lowest BCUT2D eigenvalue weighted by molar-refractivity contribution is -0.132. The maximum absolute atomic E-state index is 12.9. The van der Waals surface area contributed by atoms with E-state index in [2.05, 4.69) is 10.6 Å². The third kappa shape index (κ3) is 3.93. The number of phenolic OH excluding ortho intramolecular Hbond substituents is 1. The van der Waals surface area contributed by atoms with Gasteiger partial charge in [-0.25, -0.2) is 4.39 Å². The fraction of sp³-hybridized carbons (Fsp3) is 0. The number of halogens is 2. The van der Waals surface area contributed by atoms with Crippen molar-refractivity contribution in [2.24, 2.45) is 0 Å². The fourth-order valence-corrected chi connectivity index (χ4v) is 1.76. The van der Waals surface area contributed by atoms with Crippen molar-refractivity contribution in [1.82, 2.24) is 0 Å². The monoisotopic (exact) mass is 308 g/mol. The number of nitrogens with one attached hydrogen (secondary N) is 2. The molecule has 21 heavy (non-hydrogen) atoms. The van der Waals surface area contributed by atoms with Gasteiger partial charge < -0.3 is 15.7 Å². The summed E-state index contributed by atoms with van der Waals surface area (Å²) in [6, 6.07) is 9.11. The number of amides is 2. The molecular formula is C14H10ClFN2O3. The Balaban J connectivity index is 2.04. The molecule has 0 aliphatic rings. The Kier molecular flexibility index (Phi) is 4.39. The van der Waals surface area contributed by atoms with E-state index in [0.29, 0.717) is 0 Å². The van der Waals surface area contributed by atoms with Crippen molar-refractivity contribution < 1.29 is 19.1 Å². The summed E-state index contributed by atoms with van der Waals surface area (Å²) in [5, 5.41) is 13.8. The Morgan fingerprint density at radius 1 is 1.05 bits per heavy atom. The summed E-state index contributed by atoms with van der Waals surface area (Å²) in [7, 11) is 0. The predicted octanol–water partition coefficient (Wildman–Crippen LogP) is 2.76. The van der Waals surface area contributed by atoms with Gasteiger partial charge in [0.2, 0.25) is 0 Å². The van der Waals surface area contributed by atoms with Crippen LogP contribution >= 0.6 is 11.6 Å². The Labute approximate surface area is 124 Å². The normalized spacial score (nSPS) is 10.0. The molecule has 0 heterocycles. The average Bonchev–Trinajstić information content (AvgIpc) is 2.41. The van der Waals surface area contributed by atoms with Gasteiger partial charge in [0.1, 0.15) is 11.6 Å². The van der Waals surface area contributed by atoms with E-state index in [0.717, 1.165) is 12.1 Å². The lowest BCUT2D eigenvalue weighted by atomic mass is 10.3. The van der Waals surface area contributed by atoms with Gasteiger partial charge in [-0.1, -0.05) is 17.7 Å². The number of aromatic hydroxyl groups is 1. The van der Waals surface area contributed by atoms with Gasteiger partial charge >= 0.3 is 11.8 Å². The van der Waals surface area contributed by atoms with Crippen molar-refractivity contribution in [3.63, 3.8) is 0 Å². The Hall–Kier alpha value is -2.60. The van der Waals surface area contributed by atoms with E-state index in [-0.39, 0.29) is 22.1 Å². The Morgan fingerprint density at radius 2 is 1.76 bits per heavy atom. The number of rotatable bonds is 2. The highest BCUT2D eigenvalue weighted by Crippen LogP contribution is 2.22. The molecule has 0 bridgehead atoms. The van der Waals surface area contributed by atoms with E-state index in [1.165, 1.54) is 30.3 Å². The van der Waals surface area contributed by atoms with Crippen molar-refractivity contribution in [3.05, 3.63) is 53.3 Å². The molecule has 2 aromatic rings. The number of hydrogen-bond donors (Lipinski definition) is 3. The van der Waals surface area contributed by atoms with Crippen LogP contribution in [0.3, 0.4) is 0 Å². The number of benzene rings is 2. The molecule has 0 spiro atoms. The van der Waals surface area contributed by atoms with Crippen molar-refractivity contribution in [2.75, 3.05) is 10.6 Å². The van der Waals surface area contributed by atoms with Crippen LogP contribution in [0.15, 0.2) is 42.5 Å². The second-order valence-electron chi connectivity index (χ2n) is 4.08. The Bertz CT molecular complexity index is 706. The molecule has 108 valence electrons. The maximum Gasteiger partial charge on any atom is 0.314 e. The van der Waals surface area contributed by atoms with Crippen LogP contribution in [0.1, 0.15) is 0 Å². The number of carbonyl (C=O) groups is 2. The molecule has 0 fully saturated rings. The number of anilines is 2. The average molecular weight is 309 g/mol. The van der Waals surface area contributed by atoms with E-state index in [4.69, 9.17) is 11.6 Å². The summed E-state index contributed by atoms with van der Waals surface area (Å²) in [6.07, 6.45) is 0. The second-order valence-corrected chi connectivity index (χ2v) is 4.49. The van der Waals surface area contributed by atoms with Gasteiger partial charge in [-0.15, -0.1) is 0 Å². The van der Waals surface area contributed by atoms with Crippen molar-refractivity contribution >= 4 is 34.8 Å². The van der Waals surface area contributed by atoms with Gasteiger partial charge in [-0.2, -0.15) is 0 Å². The van der Waals surface area contributed by atoms with Crippen molar-refractivity contribution in [2.45, 2.75) is 0 Å². The molecule has 0 radical (unpaired) electrons. The zero-order valence-corrected chi connectivity index (χ0v) is 11.3. The summed E-state index contributed by atoms with van der Waals surface area (Å²) in [5.41, 5.74) is 0.384. The highest BCUT2D eigenvalue weighted by atomic mass is 35.5. The SMILES string of the molecule is O=C(Nc1cccc(O)c1)C(=O)Nc1ccc(F)cc1Cl. The molecule has 0 saturated heterocycles. The summed E-state index contributed by atoms with van der Waals surface area (Å²) in [6.45, 7) is 0. The van der Waals surface area contributed by atoms with E-state index >= 15 is 0 Å². The number of phenols is 1. The minimum Gasteiger partial charge on any atom is -0.508 e. The van der Waals surface area contributed by atoms with Gasteiger partial charge in [-0.05, 0) is 30.3 Å². The van der Waals surface area contributed by atoms with Gasteiger partial charge in [0.25, 0.3) is 0 Å². The number of hydrogen-bond acceptors (Lipinski definition) is 3. The molecule has 5 nitrogen and oxygen atoms in total. The first-order valence-corrected chi connectivity index (χ1v) is 6.20. The quantitative estimate of drug-likeness (QED) is 0.746. The highest BCUT2D eigenvalue weighted by Gasteiger charge is 2.15. The first-order chi connectivity index (χ1) is 9.95. The molecule has 7 heteroatoms. The van der Waals surface area contributed by atoms with Crippen LogP contribution in [0.5, 0.6) is 5.75 Å². The predicted molar refractivity (Wildman–Crippen MR) is 76.8 cm³/mol. The molecule has 2 rings (SSSR count). The molecular weight excluding hydrogens is 299 g/mol. The topological polar surface area (TPSA) is 78.4 Å². The first-order valence-electron chi connectivity index (χ1n) is 5.82. The zero-order valence-electron chi connectivity index (χ0n) is 10.6. The van der Waals surface area contributed by atoms with Crippen LogP contribution in [0, 0.1) is 5.82 Å². The molecule has 0 unspecified atom stereocenters. The molecule has 3 N–H and O–H groups in total. The lowest BCUT2D eigenvalue weighted by Gasteiger charge is -2.08. The molecule has 0 aliphatic heterocycles. The third-order valence-corrected chi connectivity index (χ3v) is 2.80. The van der Waals surface area contributed by atoms with Gasteiger partial charge in [0.05, 0.1) is 10.7 Å². The van der Waals surface area contributed by atoms with Crippen LogP contribution in [-0.2, 0) is 9.59 Å². The van der Waals surface area contributed by atoms with Crippen LogP contribution in [-0.4, -0.2) is 16.9 Å². The fourth-order valence-electron chi connectivity index (χ4n) is 1.54. The minimum atomic E-state index is -0.966. The standard InChI is InChI=1S/C14H10ClFN2O3/c15-11-6-8(16)4-5-12(11)18-14(21)13(20)17-9-2-1-3-10(19)7-9/h1-7,19H,(H,17,20)(H,18,21). The number of carbonyl (C=O) groups excluding carboxylic acids is 2. The van der Waals surface area contributed by atoms with E-state index < -0.39 is 17.6 Å². The Morgan fingerprint density at radius 3 is 2.43 bits per heavy atom. The van der Waals surface area contributed by atoms with Crippen LogP contribution in [0.2, 0.25) is 5.02 Å². The van der Waals surface area contributed by atoms with Crippen LogP contribution in [0.4, 0.5) is 15.8 Å². The summed E-state index contributed by atoms with van der Waals surface area (Å²) < 4.78 is 12.9. The molecule has 2 aromatic carbocycles. The van der Waals surface area contributed by atoms with Gasteiger partial charge in [0.15, 0.2) is 0 Å². The van der Waals surface area contributed by atoms with Crippen molar-refractivity contribution in [1.29, 1.82) is 0 Å². The first kappa shape index (κ1) is 14.8. The third-order valence-electron chi connectivity index (χ3n) is 2.49. The second kappa shape index (κ2) is 6.23. The van der Waals surface area contributed by atoms with Gasteiger partial charge in [0, 0.05) is 11.8 Å². The summed E-state index contributed by atoms with van der Waals surface area (Å²) in [5.74, 6) is -2.51. The molecule has 0 atom stereocenters. The molecule has 0 saturated carbocycles. The highest BCUT2D eigenvalue weighted by molar-refractivity contribution is 6.44. The van der Waals surface area contributed by atoms with Crippen LogP contribution < -0.4 is 10.6 Å². The van der Waals surface area contributed by atoms with E-state index in [9.17, 15) is 19.1 Å². The van der Waals surface area contributed by atoms with E-state index in [1.807, 2.05) is 0 Å². The summed E-state index contributed by atoms with van der Waals surface area (Å²) >= 11 is 5.74. The van der Waals surface area contributed by atoms with Crippen molar-refractivity contribution in [3.8, 4) is 5.75 Å². The molecule has 2 amide bonds. The maximum atomic E-state index is 12.9. The smallest absolute Gasteiger partial charge is 0.314 e. The zero-order chi connectivity index (χ0) is 15.4. The van der Waals surface area contributed by atoms with Gasteiger partial charge in [-0.3, -0.25) is 9.59 Å². The minimum absolute atomic E-state index is 0.0199. The molecule has 0 aliphatic carbocycles.